The second-order valence-corrected chi connectivity index (χ2v) is 6.06. The number of fused-ring (bicyclic) bond motifs is 1. The van der Waals surface area contributed by atoms with Gasteiger partial charge in [-0.25, -0.2) is 0 Å². The molecule has 2 nitrogen and oxygen atoms in total. The third-order valence-corrected chi connectivity index (χ3v) is 4.45. The first-order valence-electron chi connectivity index (χ1n) is 7.50. The first-order chi connectivity index (χ1) is 10.2. The fourth-order valence-electron chi connectivity index (χ4n) is 3.13. The summed E-state index contributed by atoms with van der Waals surface area (Å²) in [6.45, 7) is 3.99. The number of rotatable bonds is 3. The minimum Gasteiger partial charge on any atom is -0.341 e. The van der Waals surface area contributed by atoms with Crippen molar-refractivity contribution in [1.82, 2.24) is 5.32 Å². The number of halogens is 1. The van der Waals surface area contributed by atoms with Crippen molar-refractivity contribution in [2.24, 2.45) is 0 Å². The lowest BCUT2D eigenvalue weighted by Gasteiger charge is -2.33. The third-order valence-electron chi connectivity index (χ3n) is 4.09. The molecular formula is C18H21ClN2. The highest BCUT2D eigenvalue weighted by Gasteiger charge is 2.21. The predicted molar refractivity (Wildman–Crippen MR) is 90.7 cm³/mol. The van der Waals surface area contributed by atoms with Gasteiger partial charge in [0.1, 0.15) is 0 Å². The molecule has 0 spiro atoms. The molecular weight excluding hydrogens is 280 g/mol. The van der Waals surface area contributed by atoms with E-state index in [2.05, 4.69) is 41.4 Å². The van der Waals surface area contributed by atoms with Crippen LogP contribution >= 0.6 is 11.6 Å². The van der Waals surface area contributed by atoms with E-state index in [1.807, 2.05) is 19.2 Å². The van der Waals surface area contributed by atoms with Gasteiger partial charge in [-0.15, -0.1) is 0 Å². The predicted octanol–water partition coefficient (Wildman–Crippen LogP) is 4.45. The Morgan fingerprint density at radius 1 is 1.19 bits per heavy atom. The minimum atomic E-state index is 0.784. The van der Waals surface area contributed by atoms with E-state index in [0.29, 0.717) is 0 Å². The van der Waals surface area contributed by atoms with Crippen LogP contribution in [0.15, 0.2) is 36.4 Å². The molecule has 0 unspecified atom stereocenters. The van der Waals surface area contributed by atoms with Gasteiger partial charge < -0.3 is 10.2 Å². The molecule has 1 aliphatic rings. The molecule has 110 valence electrons. The molecule has 0 atom stereocenters. The summed E-state index contributed by atoms with van der Waals surface area (Å²) in [6.07, 6.45) is 2.34. The van der Waals surface area contributed by atoms with E-state index in [1.165, 1.54) is 34.5 Å². The van der Waals surface area contributed by atoms with Gasteiger partial charge in [0.05, 0.1) is 0 Å². The van der Waals surface area contributed by atoms with Crippen LogP contribution < -0.4 is 10.2 Å². The Balaban J connectivity index is 2.09. The molecule has 3 rings (SSSR count). The maximum atomic E-state index is 6.41. The zero-order chi connectivity index (χ0) is 14.8. The summed E-state index contributed by atoms with van der Waals surface area (Å²) in [5, 5.41) is 4.06. The topological polar surface area (TPSA) is 15.3 Å². The first kappa shape index (κ1) is 14.4. The Bertz CT molecular complexity index is 652. The summed E-state index contributed by atoms with van der Waals surface area (Å²) in [7, 11) is 1.96. The van der Waals surface area contributed by atoms with Crippen molar-refractivity contribution in [3.05, 3.63) is 58.1 Å². The van der Waals surface area contributed by atoms with Crippen LogP contribution in [-0.2, 0) is 13.0 Å². The van der Waals surface area contributed by atoms with E-state index in [-0.39, 0.29) is 0 Å². The lowest BCUT2D eigenvalue weighted by molar-refractivity contribution is 0.754. The van der Waals surface area contributed by atoms with Gasteiger partial charge in [-0.2, -0.15) is 0 Å². The lowest BCUT2D eigenvalue weighted by atomic mass is 9.98. The average Bonchev–Trinajstić information content (AvgIpc) is 2.48. The molecule has 0 bridgehead atoms. The van der Waals surface area contributed by atoms with E-state index < -0.39 is 0 Å². The standard InChI is InChI=1S/C18H21ClN2/c1-13-8-9-17-14(11-13)5-4-10-21(17)18-7-3-6-16(19)15(18)12-20-2/h3,6-9,11,20H,4-5,10,12H2,1-2H3. The van der Waals surface area contributed by atoms with Crippen LogP contribution in [0.3, 0.4) is 0 Å². The quantitative estimate of drug-likeness (QED) is 0.901. The van der Waals surface area contributed by atoms with Crippen molar-refractivity contribution in [3.63, 3.8) is 0 Å². The van der Waals surface area contributed by atoms with Gasteiger partial charge in [-0.05, 0) is 50.6 Å². The Labute approximate surface area is 131 Å². The van der Waals surface area contributed by atoms with Gasteiger partial charge in [0.15, 0.2) is 0 Å². The van der Waals surface area contributed by atoms with Gasteiger partial charge in [-0.3, -0.25) is 0 Å². The number of aryl methyl sites for hydroxylation is 2. The molecule has 2 aromatic carbocycles. The van der Waals surface area contributed by atoms with Crippen molar-refractivity contribution in [3.8, 4) is 0 Å². The molecule has 0 amide bonds. The number of nitrogens with one attached hydrogen (secondary N) is 1. The van der Waals surface area contributed by atoms with Crippen molar-refractivity contribution in [2.45, 2.75) is 26.3 Å². The zero-order valence-electron chi connectivity index (χ0n) is 12.6. The fraction of sp³-hybridized carbons (Fsp3) is 0.333. The second-order valence-electron chi connectivity index (χ2n) is 5.66. The maximum Gasteiger partial charge on any atom is 0.0471 e. The van der Waals surface area contributed by atoms with Crippen LogP contribution in [0.25, 0.3) is 0 Å². The largest absolute Gasteiger partial charge is 0.341 e. The lowest BCUT2D eigenvalue weighted by Crippen LogP contribution is -2.26. The van der Waals surface area contributed by atoms with Crippen LogP contribution in [0, 0.1) is 6.92 Å². The Hall–Kier alpha value is -1.51. The maximum absolute atomic E-state index is 6.41. The van der Waals surface area contributed by atoms with Gasteiger partial charge >= 0.3 is 0 Å². The molecule has 0 radical (unpaired) electrons. The van der Waals surface area contributed by atoms with Crippen LogP contribution in [0.5, 0.6) is 0 Å². The first-order valence-corrected chi connectivity index (χ1v) is 7.87. The fourth-order valence-corrected chi connectivity index (χ4v) is 3.36. The molecule has 0 aromatic heterocycles. The minimum absolute atomic E-state index is 0.784. The monoisotopic (exact) mass is 300 g/mol. The van der Waals surface area contributed by atoms with Crippen LogP contribution in [0.2, 0.25) is 5.02 Å². The molecule has 0 fully saturated rings. The highest BCUT2D eigenvalue weighted by atomic mass is 35.5. The second kappa shape index (κ2) is 6.08. The molecule has 21 heavy (non-hydrogen) atoms. The zero-order valence-corrected chi connectivity index (χ0v) is 13.4. The Morgan fingerprint density at radius 3 is 2.86 bits per heavy atom. The van der Waals surface area contributed by atoms with Crippen LogP contribution in [-0.4, -0.2) is 13.6 Å². The molecule has 1 aliphatic heterocycles. The van der Waals surface area contributed by atoms with Crippen molar-refractivity contribution >= 4 is 23.0 Å². The van der Waals surface area contributed by atoms with Crippen molar-refractivity contribution < 1.29 is 0 Å². The smallest absolute Gasteiger partial charge is 0.0471 e. The average molecular weight is 301 g/mol. The summed E-state index contributed by atoms with van der Waals surface area (Å²) >= 11 is 6.41. The van der Waals surface area contributed by atoms with E-state index in [9.17, 15) is 0 Å². The Kier molecular flexibility index (Phi) is 4.18. The number of nitrogens with zero attached hydrogens (tertiary/aromatic N) is 1. The van der Waals surface area contributed by atoms with E-state index >= 15 is 0 Å². The third kappa shape index (κ3) is 2.78. The van der Waals surface area contributed by atoms with Gasteiger partial charge in [0.25, 0.3) is 0 Å². The van der Waals surface area contributed by atoms with Crippen LogP contribution in [0.1, 0.15) is 23.1 Å². The number of anilines is 2. The van der Waals surface area contributed by atoms with E-state index in [1.54, 1.807) is 0 Å². The number of benzene rings is 2. The summed E-state index contributed by atoms with van der Waals surface area (Å²) in [5.74, 6) is 0. The summed E-state index contributed by atoms with van der Waals surface area (Å²) in [5.41, 5.74) is 6.50. The normalized spacial score (nSPS) is 14.1. The SMILES string of the molecule is CNCc1c(Cl)cccc1N1CCCc2cc(C)ccc21. The van der Waals surface area contributed by atoms with Crippen molar-refractivity contribution in [2.75, 3.05) is 18.5 Å². The van der Waals surface area contributed by atoms with Crippen molar-refractivity contribution in [1.29, 1.82) is 0 Å². The van der Waals surface area contributed by atoms with Gasteiger partial charge in [0, 0.05) is 35.1 Å². The van der Waals surface area contributed by atoms with E-state index in [4.69, 9.17) is 11.6 Å². The number of hydrogen-bond donors (Lipinski definition) is 1. The highest BCUT2D eigenvalue weighted by Crippen LogP contribution is 2.37. The molecule has 0 aliphatic carbocycles. The van der Waals surface area contributed by atoms with Crippen LogP contribution in [0.4, 0.5) is 11.4 Å². The Morgan fingerprint density at radius 2 is 2.05 bits per heavy atom. The molecule has 0 saturated heterocycles. The molecule has 1 heterocycles. The van der Waals surface area contributed by atoms with Gasteiger partial charge in [-0.1, -0.05) is 35.4 Å². The summed E-state index contributed by atoms with van der Waals surface area (Å²) in [6, 6.07) is 12.9. The van der Waals surface area contributed by atoms with Gasteiger partial charge in [0.2, 0.25) is 0 Å². The number of hydrogen-bond acceptors (Lipinski definition) is 2. The summed E-state index contributed by atoms with van der Waals surface area (Å²) in [4.78, 5) is 2.41. The van der Waals surface area contributed by atoms with E-state index in [0.717, 1.165) is 24.5 Å². The molecule has 3 heteroatoms. The molecule has 2 aromatic rings. The molecule has 0 saturated carbocycles. The molecule has 1 N–H and O–H groups in total. The highest BCUT2D eigenvalue weighted by molar-refractivity contribution is 6.31. The summed E-state index contributed by atoms with van der Waals surface area (Å²) < 4.78 is 0.